The zero-order valence-electron chi connectivity index (χ0n) is 15.1. The minimum Gasteiger partial charge on any atom is -0.354 e. The number of benzene rings is 1. The lowest BCUT2D eigenvalue weighted by Crippen LogP contribution is -2.46. The van der Waals surface area contributed by atoms with Crippen molar-refractivity contribution in [3.63, 3.8) is 0 Å². The van der Waals surface area contributed by atoms with Crippen molar-refractivity contribution in [2.45, 2.75) is 27.7 Å². The molecule has 0 unspecified atom stereocenters. The molecular weight excluding hydrogens is 298 g/mol. The van der Waals surface area contributed by atoms with Crippen molar-refractivity contribution in [2.75, 3.05) is 42.9 Å². The fourth-order valence-corrected chi connectivity index (χ4v) is 3.21. The summed E-state index contributed by atoms with van der Waals surface area (Å²) in [4.78, 5) is 14.1. The average molecular weight is 325 g/mol. The monoisotopic (exact) mass is 325 g/mol. The fraction of sp³-hybridized carbons (Fsp3) is 0.474. The number of para-hydroxylation sites is 1. The molecular formula is C19H27N5. The molecule has 5 nitrogen and oxygen atoms in total. The molecule has 0 atom stereocenters. The first-order valence-corrected chi connectivity index (χ1v) is 8.73. The molecule has 2 aromatic rings. The Morgan fingerprint density at radius 2 is 1.67 bits per heavy atom. The van der Waals surface area contributed by atoms with Gasteiger partial charge in [0.1, 0.15) is 17.5 Å². The molecule has 1 aromatic heterocycles. The second-order valence-electron chi connectivity index (χ2n) is 6.47. The molecule has 0 bridgehead atoms. The van der Waals surface area contributed by atoms with Gasteiger partial charge in [-0.05, 0) is 38.4 Å². The predicted octanol–water partition coefficient (Wildman–Crippen LogP) is 3.29. The van der Waals surface area contributed by atoms with E-state index in [0.717, 1.165) is 55.9 Å². The summed E-state index contributed by atoms with van der Waals surface area (Å²) in [6.45, 7) is 13.8. The van der Waals surface area contributed by atoms with E-state index in [2.05, 4.69) is 70.1 Å². The summed E-state index contributed by atoms with van der Waals surface area (Å²) in [6, 6.07) is 8.39. The Labute approximate surface area is 144 Å². The smallest absolute Gasteiger partial charge is 0.136 e. The van der Waals surface area contributed by atoms with Gasteiger partial charge < -0.3 is 15.1 Å². The van der Waals surface area contributed by atoms with Crippen LogP contribution in [0.4, 0.5) is 17.3 Å². The number of nitrogens with one attached hydrogen (secondary N) is 1. The molecule has 2 heterocycles. The fourth-order valence-electron chi connectivity index (χ4n) is 3.21. The van der Waals surface area contributed by atoms with Crippen LogP contribution in [0.1, 0.15) is 23.9 Å². The van der Waals surface area contributed by atoms with Crippen LogP contribution in [0.15, 0.2) is 24.3 Å². The minimum absolute atomic E-state index is 0.805. The van der Waals surface area contributed by atoms with E-state index < -0.39 is 0 Å². The highest BCUT2D eigenvalue weighted by molar-refractivity contribution is 5.66. The molecule has 0 radical (unpaired) electrons. The molecule has 24 heavy (non-hydrogen) atoms. The highest BCUT2D eigenvalue weighted by Crippen LogP contribution is 2.25. The van der Waals surface area contributed by atoms with Crippen LogP contribution in [0.5, 0.6) is 0 Å². The van der Waals surface area contributed by atoms with Gasteiger partial charge in [0.05, 0.1) is 0 Å². The van der Waals surface area contributed by atoms with E-state index in [-0.39, 0.29) is 0 Å². The molecule has 1 fully saturated rings. The largest absolute Gasteiger partial charge is 0.354 e. The number of piperazine rings is 1. The lowest BCUT2D eigenvalue weighted by Gasteiger charge is -2.34. The first-order valence-electron chi connectivity index (χ1n) is 8.73. The lowest BCUT2D eigenvalue weighted by molar-refractivity contribution is 0.270. The Balaban J connectivity index is 1.82. The van der Waals surface area contributed by atoms with E-state index >= 15 is 0 Å². The molecule has 0 aliphatic carbocycles. The van der Waals surface area contributed by atoms with Crippen LogP contribution in [0, 0.1) is 20.8 Å². The number of rotatable bonds is 4. The number of nitrogens with zero attached hydrogens (tertiary/aromatic N) is 4. The number of anilines is 3. The van der Waals surface area contributed by atoms with Gasteiger partial charge >= 0.3 is 0 Å². The van der Waals surface area contributed by atoms with Crippen LogP contribution >= 0.6 is 0 Å². The van der Waals surface area contributed by atoms with E-state index in [9.17, 15) is 0 Å². The second kappa shape index (κ2) is 7.18. The quantitative estimate of drug-likeness (QED) is 0.934. The summed E-state index contributed by atoms with van der Waals surface area (Å²) in [7, 11) is 0. The molecule has 1 saturated heterocycles. The summed E-state index contributed by atoms with van der Waals surface area (Å²) >= 11 is 0. The Hall–Kier alpha value is -2.14. The van der Waals surface area contributed by atoms with Crippen LogP contribution in [-0.4, -0.2) is 47.6 Å². The van der Waals surface area contributed by atoms with Crippen LogP contribution < -0.4 is 10.2 Å². The van der Waals surface area contributed by atoms with Crippen molar-refractivity contribution in [1.29, 1.82) is 0 Å². The molecule has 5 heteroatoms. The number of hydrogen-bond donors (Lipinski definition) is 1. The van der Waals surface area contributed by atoms with Crippen LogP contribution in [0.3, 0.4) is 0 Å². The third-order valence-electron chi connectivity index (χ3n) is 4.70. The third-order valence-corrected chi connectivity index (χ3v) is 4.70. The highest BCUT2D eigenvalue weighted by atomic mass is 15.3. The van der Waals surface area contributed by atoms with Crippen molar-refractivity contribution in [3.05, 3.63) is 41.2 Å². The summed E-state index contributed by atoms with van der Waals surface area (Å²) in [5.41, 5.74) is 3.59. The van der Waals surface area contributed by atoms with Gasteiger partial charge in [-0.25, -0.2) is 9.97 Å². The maximum absolute atomic E-state index is 4.65. The summed E-state index contributed by atoms with van der Waals surface area (Å²) < 4.78 is 0. The molecule has 1 aliphatic heterocycles. The van der Waals surface area contributed by atoms with Gasteiger partial charge in [-0.15, -0.1) is 0 Å². The standard InChI is InChI=1S/C19H27N5/c1-5-23-9-11-24(12-10-23)18-13-17(20-16(4)21-18)22-19-14(2)7-6-8-15(19)3/h6-8,13H,5,9-12H2,1-4H3,(H,20,21,22). The van der Waals surface area contributed by atoms with Crippen LogP contribution in [0.2, 0.25) is 0 Å². The van der Waals surface area contributed by atoms with E-state index in [0.29, 0.717) is 0 Å². The molecule has 0 spiro atoms. The van der Waals surface area contributed by atoms with Crippen LogP contribution in [0.25, 0.3) is 0 Å². The Morgan fingerprint density at radius 3 is 2.29 bits per heavy atom. The van der Waals surface area contributed by atoms with Gasteiger partial charge in [-0.3, -0.25) is 0 Å². The summed E-state index contributed by atoms with van der Waals surface area (Å²) in [5.74, 6) is 2.69. The van der Waals surface area contributed by atoms with Gasteiger partial charge in [0.25, 0.3) is 0 Å². The molecule has 0 saturated carbocycles. The number of likely N-dealkylation sites (N-methyl/N-ethyl adjacent to an activating group) is 1. The molecule has 1 aliphatic rings. The first kappa shape index (κ1) is 16.7. The normalized spacial score (nSPS) is 15.6. The van der Waals surface area contributed by atoms with Gasteiger partial charge in [0, 0.05) is 37.9 Å². The predicted molar refractivity (Wildman–Crippen MR) is 100 cm³/mol. The average Bonchev–Trinajstić information content (AvgIpc) is 2.58. The van der Waals surface area contributed by atoms with Crippen molar-refractivity contribution in [3.8, 4) is 0 Å². The molecule has 0 amide bonds. The Morgan fingerprint density at radius 1 is 1.00 bits per heavy atom. The lowest BCUT2D eigenvalue weighted by atomic mass is 10.1. The van der Waals surface area contributed by atoms with E-state index in [4.69, 9.17) is 0 Å². The van der Waals surface area contributed by atoms with Crippen LogP contribution in [-0.2, 0) is 0 Å². The maximum Gasteiger partial charge on any atom is 0.136 e. The Kier molecular flexibility index (Phi) is 5.00. The maximum atomic E-state index is 4.65. The van der Waals surface area contributed by atoms with Crippen molar-refractivity contribution in [1.82, 2.24) is 14.9 Å². The molecule has 3 rings (SSSR count). The van der Waals surface area contributed by atoms with Gasteiger partial charge in [-0.1, -0.05) is 25.1 Å². The highest BCUT2D eigenvalue weighted by Gasteiger charge is 2.18. The molecule has 1 N–H and O–H groups in total. The number of hydrogen-bond acceptors (Lipinski definition) is 5. The topological polar surface area (TPSA) is 44.3 Å². The molecule has 128 valence electrons. The minimum atomic E-state index is 0.805. The second-order valence-corrected chi connectivity index (χ2v) is 6.47. The molecule has 1 aromatic carbocycles. The van der Waals surface area contributed by atoms with Crippen molar-refractivity contribution >= 4 is 17.3 Å². The summed E-state index contributed by atoms with van der Waals surface area (Å²) in [5, 5.41) is 3.49. The third kappa shape index (κ3) is 3.67. The van der Waals surface area contributed by atoms with Crippen molar-refractivity contribution < 1.29 is 0 Å². The van der Waals surface area contributed by atoms with Gasteiger partial charge in [0.2, 0.25) is 0 Å². The van der Waals surface area contributed by atoms with E-state index in [1.54, 1.807) is 0 Å². The van der Waals surface area contributed by atoms with Crippen molar-refractivity contribution in [2.24, 2.45) is 0 Å². The number of aromatic nitrogens is 2. The first-order chi connectivity index (χ1) is 11.6. The van der Waals surface area contributed by atoms with E-state index in [1.807, 2.05) is 6.92 Å². The van der Waals surface area contributed by atoms with Gasteiger partial charge in [-0.2, -0.15) is 0 Å². The Bertz CT molecular complexity index is 685. The van der Waals surface area contributed by atoms with Gasteiger partial charge in [0.15, 0.2) is 0 Å². The summed E-state index contributed by atoms with van der Waals surface area (Å²) in [6.07, 6.45) is 0. The zero-order chi connectivity index (χ0) is 17.1. The SMILES string of the molecule is CCN1CCN(c2cc(Nc3c(C)cccc3C)nc(C)n2)CC1. The zero-order valence-corrected chi connectivity index (χ0v) is 15.1. The number of aryl methyl sites for hydroxylation is 3. The van der Waals surface area contributed by atoms with E-state index in [1.165, 1.54) is 11.1 Å².